The summed E-state index contributed by atoms with van der Waals surface area (Å²) < 4.78 is 10.0. The summed E-state index contributed by atoms with van der Waals surface area (Å²) in [6, 6.07) is 5.18. The molecule has 4 nitrogen and oxygen atoms in total. The number of ether oxygens (including phenoxy) is 2. The fourth-order valence-corrected chi connectivity index (χ4v) is 1.73. The van der Waals surface area contributed by atoms with E-state index in [0.29, 0.717) is 17.7 Å². The topological polar surface area (TPSA) is 52.6 Å². The Kier molecular flexibility index (Phi) is 2.64. The van der Waals surface area contributed by atoms with Crippen molar-refractivity contribution >= 4 is 11.8 Å². The van der Waals surface area contributed by atoms with E-state index in [1.165, 1.54) is 14.0 Å². The average molecular weight is 220 g/mol. The largest absolute Gasteiger partial charge is 0.478 e. The highest BCUT2D eigenvalue weighted by atomic mass is 16.6. The van der Waals surface area contributed by atoms with Gasteiger partial charge in [0.2, 0.25) is 0 Å². The van der Waals surface area contributed by atoms with Gasteiger partial charge in [-0.25, -0.2) is 4.79 Å². The van der Waals surface area contributed by atoms with E-state index in [4.69, 9.17) is 4.74 Å². The van der Waals surface area contributed by atoms with E-state index in [1.807, 2.05) is 0 Å². The number of carbonyl (C=O) groups excluding carboxylic acids is 2. The van der Waals surface area contributed by atoms with Gasteiger partial charge in [-0.3, -0.25) is 4.79 Å². The number of fused-ring (bicyclic) bond motifs is 1. The van der Waals surface area contributed by atoms with Gasteiger partial charge in [-0.05, 0) is 30.7 Å². The molecule has 84 valence electrons. The second kappa shape index (κ2) is 3.96. The number of benzene rings is 1. The van der Waals surface area contributed by atoms with Crippen LogP contribution in [0.3, 0.4) is 0 Å². The van der Waals surface area contributed by atoms with Crippen LogP contribution in [0.15, 0.2) is 18.2 Å². The van der Waals surface area contributed by atoms with Crippen LogP contribution in [-0.2, 0) is 16.0 Å². The molecule has 0 aromatic heterocycles. The van der Waals surface area contributed by atoms with Crippen LogP contribution >= 0.6 is 0 Å². The number of esters is 1. The second-order valence-electron chi connectivity index (χ2n) is 3.71. The Bertz CT molecular complexity index is 450. The van der Waals surface area contributed by atoms with Crippen LogP contribution in [0.25, 0.3) is 0 Å². The number of rotatable bonds is 2. The summed E-state index contributed by atoms with van der Waals surface area (Å²) in [4.78, 5) is 22.5. The molecule has 1 heterocycles. The predicted octanol–water partition coefficient (Wildman–Crippen LogP) is 1.37. The van der Waals surface area contributed by atoms with Gasteiger partial charge in [0.1, 0.15) is 5.75 Å². The summed E-state index contributed by atoms with van der Waals surface area (Å²) in [5.41, 5.74) is 1.51. The van der Waals surface area contributed by atoms with Crippen molar-refractivity contribution in [2.75, 3.05) is 7.11 Å². The number of ketones is 1. The fraction of sp³-hybridized carbons (Fsp3) is 0.333. The molecule has 2 rings (SSSR count). The summed E-state index contributed by atoms with van der Waals surface area (Å²) in [5, 5.41) is 0. The first-order chi connectivity index (χ1) is 7.61. The minimum Gasteiger partial charge on any atom is -0.478 e. The molecule has 0 N–H and O–H groups in total. The maximum Gasteiger partial charge on any atom is 0.347 e. The van der Waals surface area contributed by atoms with Crippen molar-refractivity contribution in [1.29, 1.82) is 0 Å². The molecule has 4 heteroatoms. The standard InChI is InChI=1S/C12H12O4/c1-7(13)8-3-4-10-9(5-8)6-11(16-10)12(14)15-2/h3-5,11H,6H2,1-2H3. The lowest BCUT2D eigenvalue weighted by molar-refractivity contribution is -0.147. The molecule has 16 heavy (non-hydrogen) atoms. The van der Waals surface area contributed by atoms with E-state index >= 15 is 0 Å². The molecule has 1 aromatic rings. The number of methoxy groups -OCH3 is 1. The third-order valence-electron chi connectivity index (χ3n) is 2.61. The zero-order valence-corrected chi connectivity index (χ0v) is 9.15. The van der Waals surface area contributed by atoms with Crippen LogP contribution in [0.5, 0.6) is 5.75 Å². The zero-order valence-electron chi connectivity index (χ0n) is 9.15. The highest BCUT2D eigenvalue weighted by Crippen LogP contribution is 2.30. The molecule has 1 aromatic carbocycles. The highest BCUT2D eigenvalue weighted by molar-refractivity contribution is 5.94. The van der Waals surface area contributed by atoms with Crippen molar-refractivity contribution in [3.05, 3.63) is 29.3 Å². The van der Waals surface area contributed by atoms with Gasteiger partial charge in [0.05, 0.1) is 7.11 Å². The summed E-state index contributed by atoms with van der Waals surface area (Å²) >= 11 is 0. The van der Waals surface area contributed by atoms with Gasteiger partial charge < -0.3 is 9.47 Å². The second-order valence-corrected chi connectivity index (χ2v) is 3.71. The van der Waals surface area contributed by atoms with Crippen LogP contribution < -0.4 is 4.74 Å². The maximum atomic E-state index is 11.3. The third-order valence-corrected chi connectivity index (χ3v) is 2.61. The van der Waals surface area contributed by atoms with E-state index in [-0.39, 0.29) is 11.8 Å². The Balaban J connectivity index is 2.24. The molecular weight excluding hydrogens is 208 g/mol. The molecular formula is C12H12O4. The van der Waals surface area contributed by atoms with Crippen molar-refractivity contribution in [3.63, 3.8) is 0 Å². The van der Waals surface area contributed by atoms with Gasteiger partial charge in [0.25, 0.3) is 0 Å². The Labute approximate surface area is 93.2 Å². The molecule has 0 aliphatic carbocycles. The van der Waals surface area contributed by atoms with Crippen LogP contribution in [0.4, 0.5) is 0 Å². The molecule has 1 unspecified atom stereocenters. The number of Topliss-reactive ketones (excluding diaryl/α,β-unsaturated/α-hetero) is 1. The molecule has 0 saturated heterocycles. The van der Waals surface area contributed by atoms with Gasteiger partial charge >= 0.3 is 5.97 Å². The molecule has 0 fully saturated rings. The smallest absolute Gasteiger partial charge is 0.347 e. The molecule has 1 aliphatic rings. The summed E-state index contributed by atoms with van der Waals surface area (Å²) in [6.45, 7) is 1.51. The minimum absolute atomic E-state index is 0.00400. The summed E-state index contributed by atoms with van der Waals surface area (Å²) in [7, 11) is 1.33. The van der Waals surface area contributed by atoms with E-state index in [1.54, 1.807) is 18.2 Å². The van der Waals surface area contributed by atoms with Gasteiger partial charge in [-0.2, -0.15) is 0 Å². The molecule has 1 aliphatic heterocycles. The highest BCUT2D eigenvalue weighted by Gasteiger charge is 2.30. The first-order valence-corrected chi connectivity index (χ1v) is 5.00. The SMILES string of the molecule is COC(=O)C1Cc2cc(C(C)=O)ccc2O1. The minimum atomic E-state index is -0.581. The van der Waals surface area contributed by atoms with Crippen molar-refractivity contribution in [2.24, 2.45) is 0 Å². The molecule has 0 saturated carbocycles. The van der Waals surface area contributed by atoms with Crippen LogP contribution in [0.2, 0.25) is 0 Å². The Morgan fingerprint density at radius 2 is 2.19 bits per heavy atom. The first kappa shape index (κ1) is 10.7. The lowest BCUT2D eigenvalue weighted by atomic mass is 10.0. The molecule has 0 amide bonds. The molecule has 0 bridgehead atoms. The maximum absolute atomic E-state index is 11.3. The molecule has 0 spiro atoms. The Morgan fingerprint density at radius 1 is 1.44 bits per heavy atom. The van der Waals surface area contributed by atoms with Crippen molar-refractivity contribution in [2.45, 2.75) is 19.4 Å². The van der Waals surface area contributed by atoms with E-state index < -0.39 is 6.10 Å². The number of hydrogen-bond donors (Lipinski definition) is 0. The van der Waals surface area contributed by atoms with E-state index in [2.05, 4.69) is 4.74 Å². The average Bonchev–Trinajstić information content (AvgIpc) is 2.70. The third kappa shape index (κ3) is 1.78. The van der Waals surface area contributed by atoms with Gasteiger partial charge in [-0.1, -0.05) is 0 Å². The summed E-state index contributed by atoms with van der Waals surface area (Å²) in [5.74, 6) is 0.269. The fourth-order valence-electron chi connectivity index (χ4n) is 1.73. The molecule has 1 atom stereocenters. The van der Waals surface area contributed by atoms with Crippen LogP contribution in [-0.4, -0.2) is 25.0 Å². The Morgan fingerprint density at radius 3 is 2.81 bits per heavy atom. The molecule has 0 radical (unpaired) electrons. The van der Waals surface area contributed by atoms with Crippen LogP contribution in [0.1, 0.15) is 22.8 Å². The van der Waals surface area contributed by atoms with Crippen LogP contribution in [0, 0.1) is 0 Å². The monoisotopic (exact) mass is 220 g/mol. The van der Waals surface area contributed by atoms with E-state index in [0.717, 1.165) is 5.56 Å². The van der Waals surface area contributed by atoms with Gasteiger partial charge in [0, 0.05) is 12.0 Å². The van der Waals surface area contributed by atoms with Crippen molar-refractivity contribution in [3.8, 4) is 5.75 Å². The quantitative estimate of drug-likeness (QED) is 0.558. The van der Waals surface area contributed by atoms with Crippen molar-refractivity contribution in [1.82, 2.24) is 0 Å². The van der Waals surface area contributed by atoms with Gasteiger partial charge in [0.15, 0.2) is 11.9 Å². The van der Waals surface area contributed by atoms with Crippen molar-refractivity contribution < 1.29 is 19.1 Å². The number of hydrogen-bond acceptors (Lipinski definition) is 4. The normalized spacial score (nSPS) is 17.5. The lowest BCUT2D eigenvalue weighted by Crippen LogP contribution is -2.26. The zero-order chi connectivity index (χ0) is 11.7. The Hall–Kier alpha value is -1.84. The lowest BCUT2D eigenvalue weighted by Gasteiger charge is -2.06. The number of carbonyl (C=O) groups is 2. The van der Waals surface area contributed by atoms with Gasteiger partial charge in [-0.15, -0.1) is 0 Å². The van der Waals surface area contributed by atoms with E-state index in [9.17, 15) is 9.59 Å². The predicted molar refractivity (Wildman–Crippen MR) is 56.6 cm³/mol. The first-order valence-electron chi connectivity index (χ1n) is 5.00. The summed E-state index contributed by atoms with van der Waals surface area (Å²) in [6.07, 6.45) is -0.120.